The Morgan fingerprint density at radius 1 is 1.38 bits per heavy atom. The normalized spacial score (nSPS) is 11.4. The lowest BCUT2D eigenvalue weighted by Crippen LogP contribution is -2.13. The van der Waals surface area contributed by atoms with Crippen molar-refractivity contribution in [3.63, 3.8) is 0 Å². The molecule has 21 heavy (non-hydrogen) atoms. The zero-order valence-corrected chi connectivity index (χ0v) is 10.9. The number of alkyl halides is 3. The summed E-state index contributed by atoms with van der Waals surface area (Å²) in [4.78, 5) is 10.9. The molecule has 0 radical (unpaired) electrons. The Labute approximate surface area is 117 Å². The van der Waals surface area contributed by atoms with Crippen LogP contribution in [-0.2, 0) is 6.18 Å². The van der Waals surface area contributed by atoms with E-state index < -0.39 is 17.8 Å². The topological polar surface area (TPSA) is 64.3 Å². The molecule has 1 heterocycles. The third-order valence-corrected chi connectivity index (χ3v) is 2.61. The van der Waals surface area contributed by atoms with Gasteiger partial charge in [0.25, 0.3) is 0 Å². The van der Waals surface area contributed by atoms with Crippen molar-refractivity contribution < 1.29 is 27.8 Å². The van der Waals surface area contributed by atoms with Gasteiger partial charge < -0.3 is 9.84 Å². The lowest BCUT2D eigenvalue weighted by Gasteiger charge is -2.10. The van der Waals surface area contributed by atoms with Gasteiger partial charge in [0.05, 0.1) is 17.9 Å². The van der Waals surface area contributed by atoms with Gasteiger partial charge in [-0.25, -0.2) is 9.48 Å². The smallest absolute Gasteiger partial charge is 0.433 e. The van der Waals surface area contributed by atoms with Gasteiger partial charge in [-0.1, -0.05) is 6.07 Å². The van der Waals surface area contributed by atoms with Crippen molar-refractivity contribution in [1.29, 1.82) is 0 Å². The summed E-state index contributed by atoms with van der Waals surface area (Å²) in [5.74, 6) is -1.41. The first-order valence-electron chi connectivity index (χ1n) is 5.96. The van der Waals surface area contributed by atoms with Crippen LogP contribution in [0.3, 0.4) is 0 Å². The van der Waals surface area contributed by atoms with Crippen LogP contribution in [0.15, 0.2) is 30.3 Å². The number of aromatic carboxylic acids is 1. The van der Waals surface area contributed by atoms with Gasteiger partial charge in [-0.05, 0) is 25.1 Å². The van der Waals surface area contributed by atoms with Gasteiger partial charge in [0.2, 0.25) is 5.88 Å². The molecule has 0 bridgehead atoms. The molecule has 0 aliphatic rings. The largest absolute Gasteiger partial charge is 0.478 e. The number of carbonyl (C=O) groups is 1. The molecule has 5 nitrogen and oxygen atoms in total. The number of ether oxygens (including phenoxy) is 1. The third-order valence-electron chi connectivity index (χ3n) is 2.61. The number of aromatic nitrogens is 2. The highest BCUT2D eigenvalue weighted by atomic mass is 19.4. The number of rotatable bonds is 4. The second-order valence-electron chi connectivity index (χ2n) is 4.07. The number of carboxylic acid groups (broad SMARTS) is 1. The van der Waals surface area contributed by atoms with E-state index in [9.17, 15) is 18.0 Å². The van der Waals surface area contributed by atoms with Crippen LogP contribution in [-0.4, -0.2) is 27.5 Å². The predicted octanol–water partition coefficient (Wildman–Crippen LogP) is 2.99. The van der Waals surface area contributed by atoms with Crippen molar-refractivity contribution in [1.82, 2.24) is 9.78 Å². The van der Waals surface area contributed by atoms with Crippen LogP contribution in [0.4, 0.5) is 13.2 Å². The molecule has 0 aliphatic carbocycles. The Morgan fingerprint density at radius 3 is 2.67 bits per heavy atom. The molecule has 1 aromatic carbocycles. The molecule has 0 saturated heterocycles. The Morgan fingerprint density at radius 2 is 2.10 bits per heavy atom. The van der Waals surface area contributed by atoms with Crippen molar-refractivity contribution in [2.24, 2.45) is 0 Å². The van der Waals surface area contributed by atoms with Gasteiger partial charge in [-0.2, -0.15) is 13.2 Å². The average Bonchev–Trinajstić information content (AvgIpc) is 2.83. The van der Waals surface area contributed by atoms with Crippen LogP contribution in [0.1, 0.15) is 23.0 Å². The first-order chi connectivity index (χ1) is 9.82. The molecule has 8 heteroatoms. The molecule has 0 saturated carbocycles. The van der Waals surface area contributed by atoms with Crippen LogP contribution in [0.2, 0.25) is 0 Å². The van der Waals surface area contributed by atoms with Crippen molar-refractivity contribution in [2.75, 3.05) is 6.61 Å². The summed E-state index contributed by atoms with van der Waals surface area (Å²) < 4.78 is 44.6. The van der Waals surface area contributed by atoms with Crippen molar-refractivity contribution in [3.8, 4) is 11.6 Å². The van der Waals surface area contributed by atoms with Crippen molar-refractivity contribution >= 4 is 5.97 Å². The number of nitrogens with zero attached hydrogens (tertiary/aromatic N) is 2. The molecule has 0 aliphatic heterocycles. The van der Waals surface area contributed by atoms with E-state index in [1.165, 1.54) is 18.2 Å². The summed E-state index contributed by atoms with van der Waals surface area (Å²) in [7, 11) is 0. The molecule has 2 aromatic rings. The number of carboxylic acids is 1. The first kappa shape index (κ1) is 14.9. The molecular weight excluding hydrogens is 289 g/mol. The molecule has 0 amide bonds. The van der Waals surface area contributed by atoms with E-state index in [0.29, 0.717) is 4.68 Å². The lowest BCUT2D eigenvalue weighted by atomic mass is 10.2. The molecule has 1 aromatic heterocycles. The minimum absolute atomic E-state index is 0.00632. The van der Waals surface area contributed by atoms with Crippen LogP contribution < -0.4 is 4.74 Å². The van der Waals surface area contributed by atoms with E-state index in [4.69, 9.17) is 9.84 Å². The number of halogens is 3. The van der Waals surface area contributed by atoms with Crippen LogP contribution in [0.5, 0.6) is 5.88 Å². The predicted molar refractivity (Wildman–Crippen MR) is 66.7 cm³/mol. The van der Waals surface area contributed by atoms with E-state index in [-0.39, 0.29) is 23.7 Å². The average molecular weight is 300 g/mol. The van der Waals surface area contributed by atoms with Gasteiger partial charge in [0.1, 0.15) is 0 Å². The monoisotopic (exact) mass is 300 g/mol. The summed E-state index contributed by atoms with van der Waals surface area (Å²) in [5, 5.41) is 12.6. The van der Waals surface area contributed by atoms with Gasteiger partial charge in [-0.3, -0.25) is 0 Å². The molecule has 2 rings (SSSR count). The van der Waals surface area contributed by atoms with Gasteiger partial charge in [-0.15, -0.1) is 5.10 Å². The second-order valence-corrected chi connectivity index (χ2v) is 4.07. The fourth-order valence-electron chi connectivity index (χ4n) is 1.75. The maximum absolute atomic E-state index is 13.0. The molecule has 1 N–H and O–H groups in total. The summed E-state index contributed by atoms with van der Waals surface area (Å²) in [5.41, 5.74) is -1.17. The summed E-state index contributed by atoms with van der Waals surface area (Å²) in [6, 6.07) is 5.86. The minimum Gasteiger partial charge on any atom is -0.478 e. The highest BCUT2D eigenvalue weighted by Gasteiger charge is 2.36. The summed E-state index contributed by atoms with van der Waals surface area (Å²) >= 11 is 0. The van der Waals surface area contributed by atoms with Crippen LogP contribution in [0.25, 0.3) is 5.69 Å². The fourth-order valence-corrected chi connectivity index (χ4v) is 1.75. The number of hydrogen-bond acceptors (Lipinski definition) is 3. The summed E-state index contributed by atoms with van der Waals surface area (Å²) in [6.07, 6.45) is -4.64. The zero-order valence-electron chi connectivity index (χ0n) is 10.9. The molecular formula is C13H11F3N2O3. The molecule has 112 valence electrons. The van der Waals surface area contributed by atoms with E-state index in [0.717, 1.165) is 12.1 Å². The van der Waals surface area contributed by atoms with E-state index in [1.807, 2.05) is 0 Å². The zero-order chi connectivity index (χ0) is 15.6. The second kappa shape index (κ2) is 5.47. The Bertz CT molecular complexity index is 665. The third kappa shape index (κ3) is 3.15. The van der Waals surface area contributed by atoms with Gasteiger partial charge in [0.15, 0.2) is 5.69 Å². The number of benzene rings is 1. The molecule has 0 spiro atoms. The lowest BCUT2D eigenvalue weighted by molar-refractivity contribution is -0.142. The van der Waals surface area contributed by atoms with E-state index >= 15 is 0 Å². The van der Waals surface area contributed by atoms with Crippen LogP contribution in [0, 0.1) is 0 Å². The Hall–Kier alpha value is -2.51. The molecule has 0 atom stereocenters. The fraction of sp³-hybridized carbons (Fsp3) is 0.231. The summed E-state index contributed by atoms with van der Waals surface area (Å²) in [6.45, 7) is 1.79. The highest BCUT2D eigenvalue weighted by Crippen LogP contribution is 2.33. The maximum atomic E-state index is 13.0. The quantitative estimate of drug-likeness (QED) is 0.942. The van der Waals surface area contributed by atoms with Crippen LogP contribution >= 0.6 is 0 Å². The highest BCUT2D eigenvalue weighted by molar-refractivity contribution is 5.88. The standard InChI is InChI=1S/C13H11F3N2O3/c1-2-21-11-7-10(13(14,15)16)18(17-11)9-5-3-4-8(6-9)12(19)20/h3-7H,2H2,1H3,(H,19,20). The first-order valence-corrected chi connectivity index (χ1v) is 5.96. The van der Waals surface area contributed by atoms with Crippen molar-refractivity contribution in [2.45, 2.75) is 13.1 Å². The van der Waals surface area contributed by atoms with E-state index in [2.05, 4.69) is 5.10 Å². The maximum Gasteiger partial charge on any atom is 0.433 e. The SMILES string of the molecule is CCOc1cc(C(F)(F)F)n(-c2cccc(C(=O)O)c2)n1. The Balaban J connectivity index is 2.56. The van der Waals surface area contributed by atoms with Crippen molar-refractivity contribution in [3.05, 3.63) is 41.6 Å². The number of hydrogen-bond donors (Lipinski definition) is 1. The van der Waals surface area contributed by atoms with Gasteiger partial charge in [0, 0.05) is 6.07 Å². The molecule has 0 unspecified atom stereocenters. The minimum atomic E-state index is -4.64. The van der Waals surface area contributed by atoms with Gasteiger partial charge >= 0.3 is 12.1 Å². The molecule has 0 fully saturated rings. The Kier molecular flexibility index (Phi) is 3.88. The van der Waals surface area contributed by atoms with E-state index in [1.54, 1.807) is 6.92 Å².